The second-order valence-corrected chi connectivity index (χ2v) is 6.48. The number of hydrogen-bond donors (Lipinski definition) is 1. The largest absolute Gasteiger partial charge is 0.395 e. The summed E-state index contributed by atoms with van der Waals surface area (Å²) in [5.41, 5.74) is 1.81. The fourth-order valence-corrected chi connectivity index (χ4v) is 2.79. The topological polar surface area (TPSA) is 79.5 Å². The van der Waals surface area contributed by atoms with E-state index in [9.17, 15) is 9.90 Å². The fraction of sp³-hybridized carbons (Fsp3) is 0.250. The first-order chi connectivity index (χ1) is 13.2. The van der Waals surface area contributed by atoms with E-state index in [1.54, 1.807) is 17.0 Å². The zero-order valence-electron chi connectivity index (χ0n) is 14.7. The number of aliphatic hydroxyl groups is 1. The van der Waals surface area contributed by atoms with Crippen molar-refractivity contribution >= 4 is 17.5 Å². The fourth-order valence-electron chi connectivity index (χ4n) is 2.66. The number of amides is 1. The number of rotatable bonds is 8. The molecule has 0 saturated heterocycles. The van der Waals surface area contributed by atoms with Crippen molar-refractivity contribution in [3.63, 3.8) is 0 Å². The van der Waals surface area contributed by atoms with Crippen LogP contribution < -0.4 is 0 Å². The van der Waals surface area contributed by atoms with Crippen molar-refractivity contribution in [2.24, 2.45) is 0 Å². The van der Waals surface area contributed by atoms with Crippen LogP contribution in [0.1, 0.15) is 17.9 Å². The molecule has 0 aliphatic carbocycles. The van der Waals surface area contributed by atoms with Crippen LogP contribution in [0.15, 0.2) is 59.1 Å². The molecule has 7 heteroatoms. The number of aliphatic hydroxyl groups excluding tert-OH is 1. The molecule has 0 radical (unpaired) electrons. The van der Waals surface area contributed by atoms with Gasteiger partial charge in [0.15, 0.2) is 0 Å². The first-order valence-corrected chi connectivity index (χ1v) is 9.04. The lowest BCUT2D eigenvalue weighted by Crippen LogP contribution is -2.33. The van der Waals surface area contributed by atoms with E-state index in [0.29, 0.717) is 29.7 Å². The predicted molar refractivity (Wildman–Crippen MR) is 102 cm³/mol. The van der Waals surface area contributed by atoms with Gasteiger partial charge in [0.05, 0.1) is 6.61 Å². The Morgan fingerprint density at radius 3 is 2.56 bits per heavy atom. The number of benzene rings is 2. The molecule has 140 valence electrons. The number of carbonyl (C=O) groups excluding carboxylic acids is 1. The van der Waals surface area contributed by atoms with Crippen molar-refractivity contribution in [3.8, 4) is 11.4 Å². The van der Waals surface area contributed by atoms with Crippen molar-refractivity contribution in [2.75, 3.05) is 13.2 Å². The Morgan fingerprint density at radius 2 is 1.85 bits per heavy atom. The summed E-state index contributed by atoms with van der Waals surface area (Å²) in [4.78, 5) is 18.5. The van der Waals surface area contributed by atoms with Crippen LogP contribution in [0.25, 0.3) is 11.4 Å². The third-order valence-electron chi connectivity index (χ3n) is 4.06. The van der Waals surface area contributed by atoms with Crippen LogP contribution in [-0.2, 0) is 17.8 Å². The molecule has 0 atom stereocenters. The SMILES string of the molecule is O=C(CCc1nc(-c2ccc(Cl)cc2)no1)N(CCO)Cc1ccccc1. The van der Waals surface area contributed by atoms with E-state index in [1.807, 2.05) is 42.5 Å². The molecule has 1 heterocycles. The lowest BCUT2D eigenvalue weighted by Gasteiger charge is -2.21. The van der Waals surface area contributed by atoms with Crippen LogP contribution in [0, 0.1) is 0 Å². The molecule has 27 heavy (non-hydrogen) atoms. The van der Waals surface area contributed by atoms with Crippen LogP contribution in [0.3, 0.4) is 0 Å². The number of aryl methyl sites for hydroxylation is 1. The van der Waals surface area contributed by atoms with Gasteiger partial charge in [-0.15, -0.1) is 0 Å². The molecule has 1 N–H and O–H groups in total. The van der Waals surface area contributed by atoms with E-state index in [4.69, 9.17) is 16.1 Å². The van der Waals surface area contributed by atoms with E-state index in [2.05, 4.69) is 10.1 Å². The van der Waals surface area contributed by atoms with Gasteiger partial charge in [-0.3, -0.25) is 4.79 Å². The summed E-state index contributed by atoms with van der Waals surface area (Å²) in [5.74, 6) is 0.793. The molecule has 3 aromatic rings. The summed E-state index contributed by atoms with van der Waals surface area (Å²) < 4.78 is 5.24. The van der Waals surface area contributed by atoms with Crippen LogP contribution in [-0.4, -0.2) is 39.2 Å². The molecule has 0 aliphatic rings. The minimum Gasteiger partial charge on any atom is -0.395 e. The minimum atomic E-state index is -0.0835. The number of halogens is 1. The van der Waals surface area contributed by atoms with Crippen molar-refractivity contribution in [1.29, 1.82) is 0 Å². The first-order valence-electron chi connectivity index (χ1n) is 8.67. The normalized spacial score (nSPS) is 10.7. The zero-order valence-corrected chi connectivity index (χ0v) is 15.5. The highest BCUT2D eigenvalue weighted by Gasteiger charge is 2.16. The van der Waals surface area contributed by atoms with E-state index in [0.717, 1.165) is 11.1 Å². The van der Waals surface area contributed by atoms with E-state index in [-0.39, 0.29) is 25.5 Å². The summed E-state index contributed by atoms with van der Waals surface area (Å²) in [6, 6.07) is 16.8. The molecular formula is C20H20ClN3O3. The lowest BCUT2D eigenvalue weighted by atomic mass is 10.2. The molecule has 0 bridgehead atoms. The maximum atomic E-state index is 12.5. The standard InChI is InChI=1S/C20H20ClN3O3/c21-17-8-6-16(7-9-17)20-22-18(27-23-20)10-11-19(26)24(12-13-25)14-15-4-2-1-3-5-15/h1-9,25H,10-14H2. The molecule has 3 rings (SSSR count). The van der Waals surface area contributed by atoms with E-state index >= 15 is 0 Å². The molecule has 0 fully saturated rings. The van der Waals surface area contributed by atoms with Crippen molar-refractivity contribution < 1.29 is 14.4 Å². The summed E-state index contributed by atoms with van der Waals surface area (Å²) in [5, 5.41) is 13.8. The van der Waals surface area contributed by atoms with Gasteiger partial charge in [0, 0.05) is 36.5 Å². The Balaban J connectivity index is 1.59. The Morgan fingerprint density at radius 1 is 1.11 bits per heavy atom. The molecule has 0 saturated carbocycles. The number of hydrogen-bond acceptors (Lipinski definition) is 5. The smallest absolute Gasteiger partial charge is 0.227 e. The second-order valence-electron chi connectivity index (χ2n) is 6.04. The van der Waals surface area contributed by atoms with Gasteiger partial charge in [-0.1, -0.05) is 47.1 Å². The van der Waals surface area contributed by atoms with Crippen molar-refractivity contribution in [3.05, 3.63) is 71.1 Å². The van der Waals surface area contributed by atoms with E-state index in [1.165, 1.54) is 0 Å². The highest BCUT2D eigenvalue weighted by Crippen LogP contribution is 2.19. The van der Waals surface area contributed by atoms with Crippen molar-refractivity contribution in [2.45, 2.75) is 19.4 Å². The van der Waals surface area contributed by atoms with Gasteiger partial charge in [-0.25, -0.2) is 0 Å². The molecule has 0 aliphatic heterocycles. The highest BCUT2D eigenvalue weighted by atomic mass is 35.5. The van der Waals surface area contributed by atoms with Gasteiger partial charge >= 0.3 is 0 Å². The van der Waals surface area contributed by atoms with Gasteiger partial charge in [-0.2, -0.15) is 4.98 Å². The molecule has 1 amide bonds. The number of aromatic nitrogens is 2. The van der Waals surface area contributed by atoms with Crippen LogP contribution in [0.4, 0.5) is 0 Å². The van der Waals surface area contributed by atoms with Gasteiger partial charge in [0.25, 0.3) is 0 Å². The summed E-state index contributed by atoms with van der Waals surface area (Å²) in [7, 11) is 0. The average Bonchev–Trinajstić information content (AvgIpc) is 3.16. The Bertz CT molecular complexity index is 866. The van der Waals surface area contributed by atoms with Gasteiger partial charge in [-0.05, 0) is 29.8 Å². The van der Waals surface area contributed by atoms with Crippen molar-refractivity contribution in [1.82, 2.24) is 15.0 Å². The molecule has 1 aromatic heterocycles. The Hall–Kier alpha value is -2.70. The predicted octanol–water partition coefficient (Wildman–Crippen LogP) is 3.34. The van der Waals surface area contributed by atoms with Crippen LogP contribution in [0.5, 0.6) is 0 Å². The Kier molecular flexibility index (Phi) is 6.57. The number of carbonyl (C=O) groups is 1. The monoisotopic (exact) mass is 385 g/mol. The quantitative estimate of drug-likeness (QED) is 0.643. The molecule has 0 unspecified atom stereocenters. The third-order valence-corrected chi connectivity index (χ3v) is 4.31. The highest BCUT2D eigenvalue weighted by molar-refractivity contribution is 6.30. The molecular weight excluding hydrogens is 366 g/mol. The second kappa shape index (κ2) is 9.30. The lowest BCUT2D eigenvalue weighted by molar-refractivity contribution is -0.132. The summed E-state index contributed by atoms with van der Waals surface area (Å²) in [6.45, 7) is 0.660. The van der Waals surface area contributed by atoms with Gasteiger partial charge < -0.3 is 14.5 Å². The summed E-state index contributed by atoms with van der Waals surface area (Å²) >= 11 is 5.88. The van der Waals surface area contributed by atoms with E-state index < -0.39 is 0 Å². The number of nitrogens with zero attached hydrogens (tertiary/aromatic N) is 3. The summed E-state index contributed by atoms with van der Waals surface area (Å²) in [6.07, 6.45) is 0.575. The molecule has 2 aromatic carbocycles. The Labute approximate surface area is 162 Å². The minimum absolute atomic E-state index is 0.0702. The van der Waals surface area contributed by atoms with Crippen LogP contribution >= 0.6 is 11.6 Å². The third kappa shape index (κ3) is 5.39. The first kappa shape index (κ1) is 19.1. The van der Waals surface area contributed by atoms with Gasteiger partial charge in [0.2, 0.25) is 17.6 Å². The molecule has 6 nitrogen and oxygen atoms in total. The maximum Gasteiger partial charge on any atom is 0.227 e. The molecule has 0 spiro atoms. The zero-order chi connectivity index (χ0) is 19.1. The van der Waals surface area contributed by atoms with Gasteiger partial charge in [0.1, 0.15) is 0 Å². The van der Waals surface area contributed by atoms with Crippen LogP contribution in [0.2, 0.25) is 5.02 Å². The average molecular weight is 386 g/mol. The maximum absolute atomic E-state index is 12.5.